The van der Waals surface area contributed by atoms with Crippen molar-refractivity contribution in [1.29, 1.82) is 0 Å². The Hall–Kier alpha value is -0.893. The molecule has 88 valence electrons. The summed E-state index contributed by atoms with van der Waals surface area (Å²) in [6.07, 6.45) is 1.85. The van der Waals surface area contributed by atoms with Crippen molar-refractivity contribution in [3.63, 3.8) is 0 Å². The molecule has 1 nitrogen and oxygen atoms in total. The molecular formula is C14H22OSi. The van der Waals surface area contributed by atoms with Crippen LogP contribution in [0.25, 0.3) is 0 Å². The molecule has 16 heavy (non-hydrogen) atoms. The van der Waals surface area contributed by atoms with Crippen molar-refractivity contribution < 1.29 is 4.79 Å². The molecule has 0 aliphatic rings. The maximum atomic E-state index is 11.3. The summed E-state index contributed by atoms with van der Waals surface area (Å²) in [4.78, 5) is 11.3. The second-order valence-electron chi connectivity index (χ2n) is 5.10. The summed E-state index contributed by atoms with van der Waals surface area (Å²) in [5.74, 6) is 0.323. The van der Waals surface area contributed by atoms with E-state index in [9.17, 15) is 4.79 Å². The van der Waals surface area contributed by atoms with Crippen LogP contribution in [-0.2, 0) is 4.79 Å². The van der Waals surface area contributed by atoms with Gasteiger partial charge < -0.3 is 4.79 Å². The zero-order valence-electron chi connectivity index (χ0n) is 10.8. The first-order chi connectivity index (χ1) is 7.48. The predicted molar refractivity (Wildman–Crippen MR) is 72.9 cm³/mol. The minimum absolute atomic E-state index is 0.323. The molecule has 0 spiro atoms. The lowest BCUT2D eigenvalue weighted by Crippen LogP contribution is -2.46. The average Bonchev–Trinajstić information content (AvgIpc) is 2.26. The van der Waals surface area contributed by atoms with Crippen molar-refractivity contribution in [2.75, 3.05) is 0 Å². The molecule has 1 aromatic rings. The molecule has 0 heterocycles. The predicted octanol–water partition coefficient (Wildman–Crippen LogP) is 3.36. The van der Waals surface area contributed by atoms with Gasteiger partial charge in [-0.3, -0.25) is 0 Å². The number of hydrogen-bond acceptors (Lipinski definition) is 1. The van der Waals surface area contributed by atoms with Crippen LogP contribution in [0.15, 0.2) is 30.3 Å². The van der Waals surface area contributed by atoms with Gasteiger partial charge in [-0.15, -0.1) is 0 Å². The van der Waals surface area contributed by atoms with Gasteiger partial charge in [0.1, 0.15) is 5.78 Å². The van der Waals surface area contributed by atoms with Crippen molar-refractivity contribution in [1.82, 2.24) is 0 Å². The zero-order valence-corrected chi connectivity index (χ0v) is 11.8. The van der Waals surface area contributed by atoms with Gasteiger partial charge >= 0.3 is 0 Å². The Morgan fingerprint density at radius 3 is 2.25 bits per heavy atom. The van der Waals surface area contributed by atoms with Crippen LogP contribution < -0.4 is 5.19 Å². The van der Waals surface area contributed by atoms with Crippen LogP contribution in [-0.4, -0.2) is 13.9 Å². The summed E-state index contributed by atoms with van der Waals surface area (Å²) in [5, 5.41) is 1.46. The maximum absolute atomic E-state index is 11.3. The molecule has 0 unspecified atom stereocenters. The third kappa shape index (κ3) is 3.05. The second-order valence-corrected chi connectivity index (χ2v) is 9.94. The van der Waals surface area contributed by atoms with Gasteiger partial charge in [0.15, 0.2) is 0 Å². The van der Waals surface area contributed by atoms with Crippen molar-refractivity contribution in [3.05, 3.63) is 30.3 Å². The standard InChI is InChI=1S/C14H22OSi/c1-5-13(11-12(2)15)16(3,4)14-9-7-6-8-10-14/h6-10,13H,5,11H2,1-4H3/t13-/m0/s1. The van der Waals surface area contributed by atoms with Gasteiger partial charge in [0.2, 0.25) is 0 Å². The molecule has 0 radical (unpaired) electrons. The first kappa shape index (κ1) is 13.2. The lowest BCUT2D eigenvalue weighted by atomic mass is 10.2. The van der Waals surface area contributed by atoms with E-state index in [1.54, 1.807) is 6.92 Å². The summed E-state index contributed by atoms with van der Waals surface area (Å²) in [5.41, 5.74) is 0.562. The Labute approximate surface area is 99.9 Å². The Morgan fingerprint density at radius 2 is 1.81 bits per heavy atom. The van der Waals surface area contributed by atoms with Gasteiger partial charge in [0.05, 0.1) is 8.07 Å². The molecular weight excluding hydrogens is 212 g/mol. The molecule has 0 saturated heterocycles. The van der Waals surface area contributed by atoms with Crippen molar-refractivity contribution in [2.45, 2.75) is 45.3 Å². The van der Waals surface area contributed by atoms with Gasteiger partial charge in [-0.1, -0.05) is 62.0 Å². The first-order valence-corrected chi connectivity index (χ1v) is 9.11. The monoisotopic (exact) mass is 234 g/mol. The Kier molecular flexibility index (Phi) is 4.48. The van der Waals surface area contributed by atoms with Crippen molar-refractivity contribution >= 4 is 19.0 Å². The summed E-state index contributed by atoms with van der Waals surface area (Å²) in [6.45, 7) is 8.66. The highest BCUT2D eigenvalue weighted by molar-refractivity contribution is 6.91. The van der Waals surface area contributed by atoms with E-state index in [-0.39, 0.29) is 0 Å². The van der Waals surface area contributed by atoms with Crippen LogP contribution in [0.5, 0.6) is 0 Å². The largest absolute Gasteiger partial charge is 0.300 e. The fourth-order valence-corrected chi connectivity index (χ4v) is 5.70. The van der Waals surface area contributed by atoms with Gasteiger partial charge in [-0.25, -0.2) is 0 Å². The first-order valence-electron chi connectivity index (χ1n) is 6.03. The highest BCUT2D eigenvalue weighted by Crippen LogP contribution is 2.28. The van der Waals surface area contributed by atoms with E-state index < -0.39 is 8.07 Å². The molecule has 0 aliphatic heterocycles. The number of hydrogen-bond donors (Lipinski definition) is 0. The molecule has 2 heteroatoms. The minimum atomic E-state index is -1.49. The Bertz CT molecular complexity index is 343. The molecule has 1 aromatic carbocycles. The number of ketones is 1. The average molecular weight is 234 g/mol. The van der Waals surface area contributed by atoms with Crippen LogP contribution >= 0.6 is 0 Å². The Balaban J connectivity index is 2.94. The number of benzene rings is 1. The van der Waals surface area contributed by atoms with Crippen LogP contribution in [0.4, 0.5) is 0 Å². The quantitative estimate of drug-likeness (QED) is 0.714. The molecule has 0 aliphatic carbocycles. The summed E-state index contributed by atoms with van der Waals surface area (Å²) in [7, 11) is -1.49. The van der Waals surface area contributed by atoms with Crippen LogP contribution in [0.2, 0.25) is 18.6 Å². The number of rotatable bonds is 5. The van der Waals surface area contributed by atoms with Crippen molar-refractivity contribution in [2.24, 2.45) is 0 Å². The number of Topliss-reactive ketones (excluding diaryl/α,β-unsaturated/α-hetero) is 1. The van der Waals surface area contributed by atoms with Gasteiger partial charge in [0, 0.05) is 6.42 Å². The van der Waals surface area contributed by atoms with Gasteiger partial charge in [-0.05, 0) is 12.5 Å². The molecule has 0 aromatic heterocycles. The molecule has 0 fully saturated rings. The minimum Gasteiger partial charge on any atom is -0.300 e. The van der Waals surface area contributed by atoms with E-state index in [2.05, 4.69) is 50.3 Å². The summed E-state index contributed by atoms with van der Waals surface area (Å²) < 4.78 is 0. The molecule has 1 rings (SSSR count). The maximum Gasteiger partial charge on any atom is 0.129 e. The normalized spacial score (nSPS) is 13.5. The lowest BCUT2D eigenvalue weighted by Gasteiger charge is -2.31. The van der Waals surface area contributed by atoms with E-state index >= 15 is 0 Å². The fraction of sp³-hybridized carbons (Fsp3) is 0.500. The van der Waals surface area contributed by atoms with Crippen molar-refractivity contribution in [3.8, 4) is 0 Å². The van der Waals surface area contributed by atoms with E-state index in [4.69, 9.17) is 0 Å². The molecule has 0 saturated carbocycles. The molecule has 0 N–H and O–H groups in total. The molecule has 1 atom stereocenters. The van der Waals surface area contributed by atoms with Crippen LogP contribution in [0, 0.1) is 0 Å². The van der Waals surface area contributed by atoms with Crippen LogP contribution in [0.3, 0.4) is 0 Å². The van der Waals surface area contributed by atoms with Crippen LogP contribution in [0.1, 0.15) is 26.7 Å². The van der Waals surface area contributed by atoms with E-state index in [1.807, 2.05) is 0 Å². The SMILES string of the molecule is CC[C@@H](CC(C)=O)[Si](C)(C)c1ccccc1. The summed E-state index contributed by atoms with van der Waals surface area (Å²) in [6, 6.07) is 10.7. The molecule has 0 amide bonds. The van der Waals surface area contributed by atoms with Gasteiger partial charge in [-0.2, -0.15) is 0 Å². The second kappa shape index (κ2) is 5.44. The highest BCUT2D eigenvalue weighted by Gasteiger charge is 2.32. The number of carbonyl (C=O) groups excluding carboxylic acids is 1. The van der Waals surface area contributed by atoms with E-state index in [0.29, 0.717) is 11.3 Å². The fourth-order valence-electron chi connectivity index (χ4n) is 2.36. The smallest absolute Gasteiger partial charge is 0.129 e. The van der Waals surface area contributed by atoms with E-state index in [0.717, 1.165) is 12.8 Å². The summed E-state index contributed by atoms with van der Waals surface area (Å²) >= 11 is 0. The third-order valence-electron chi connectivity index (χ3n) is 3.57. The van der Waals surface area contributed by atoms with Gasteiger partial charge in [0.25, 0.3) is 0 Å². The topological polar surface area (TPSA) is 17.1 Å². The molecule has 0 bridgehead atoms. The number of carbonyl (C=O) groups is 1. The van der Waals surface area contributed by atoms with E-state index in [1.165, 1.54) is 5.19 Å². The third-order valence-corrected chi connectivity index (χ3v) is 8.04. The Morgan fingerprint density at radius 1 is 1.25 bits per heavy atom. The lowest BCUT2D eigenvalue weighted by molar-refractivity contribution is -0.117. The zero-order chi connectivity index (χ0) is 12.2. The highest BCUT2D eigenvalue weighted by atomic mass is 28.3.